The molecular formula is C15H24O. The largest absolute Gasteiger partial charge is 0.493 e. The molecule has 0 spiro atoms. The van der Waals surface area contributed by atoms with Gasteiger partial charge in [-0.3, -0.25) is 0 Å². The van der Waals surface area contributed by atoms with Crippen molar-refractivity contribution in [1.82, 2.24) is 0 Å². The Morgan fingerprint density at radius 1 is 1.31 bits per heavy atom. The summed E-state index contributed by atoms with van der Waals surface area (Å²) in [6, 6.07) is 6.66. The van der Waals surface area contributed by atoms with E-state index in [9.17, 15) is 0 Å². The van der Waals surface area contributed by atoms with E-state index in [1.165, 1.54) is 24.0 Å². The van der Waals surface area contributed by atoms with Crippen molar-refractivity contribution in [2.75, 3.05) is 6.61 Å². The fourth-order valence-electron chi connectivity index (χ4n) is 2.11. The fourth-order valence-corrected chi connectivity index (χ4v) is 2.11. The van der Waals surface area contributed by atoms with Gasteiger partial charge in [-0.1, -0.05) is 46.2 Å². The van der Waals surface area contributed by atoms with Crippen LogP contribution in [-0.2, 0) is 6.42 Å². The number of fused-ring (bicyclic) bond motifs is 1. The third-order valence-corrected chi connectivity index (χ3v) is 3.00. The van der Waals surface area contributed by atoms with E-state index >= 15 is 0 Å². The summed E-state index contributed by atoms with van der Waals surface area (Å²) in [5.74, 6) is 1.78. The number of ether oxygens (including phenoxy) is 1. The summed E-state index contributed by atoms with van der Waals surface area (Å²) in [6.45, 7) is 9.41. The van der Waals surface area contributed by atoms with Crippen molar-refractivity contribution in [1.29, 1.82) is 0 Å². The summed E-state index contributed by atoms with van der Waals surface area (Å²) >= 11 is 0. The first-order chi connectivity index (χ1) is 7.81. The minimum Gasteiger partial charge on any atom is -0.493 e. The second-order valence-electron chi connectivity index (χ2n) is 4.16. The van der Waals surface area contributed by atoms with Gasteiger partial charge in [0.1, 0.15) is 5.75 Å². The maximum absolute atomic E-state index is 5.49. The molecule has 0 saturated carbocycles. The van der Waals surface area contributed by atoms with Crippen LogP contribution in [0.1, 0.15) is 57.6 Å². The SMILES string of the molecule is CC.CCCC(C)c1ccc2c(c1)CCO2. The molecule has 2 rings (SSSR count). The number of hydrogen-bond donors (Lipinski definition) is 0. The third-order valence-electron chi connectivity index (χ3n) is 3.00. The average molecular weight is 220 g/mol. The Bertz CT molecular complexity index is 317. The second kappa shape index (κ2) is 6.57. The molecule has 1 heterocycles. The average Bonchev–Trinajstić information content (AvgIpc) is 2.79. The van der Waals surface area contributed by atoms with Gasteiger partial charge >= 0.3 is 0 Å². The lowest BCUT2D eigenvalue weighted by atomic mass is 9.94. The van der Waals surface area contributed by atoms with Gasteiger partial charge in [0.05, 0.1) is 6.61 Å². The molecule has 90 valence electrons. The number of rotatable bonds is 3. The van der Waals surface area contributed by atoms with E-state index in [0.717, 1.165) is 18.8 Å². The smallest absolute Gasteiger partial charge is 0.122 e. The normalized spacial score (nSPS) is 14.5. The van der Waals surface area contributed by atoms with E-state index in [-0.39, 0.29) is 0 Å². The van der Waals surface area contributed by atoms with Gasteiger partial charge in [0.15, 0.2) is 0 Å². The fraction of sp³-hybridized carbons (Fsp3) is 0.600. The molecule has 1 aromatic rings. The summed E-state index contributed by atoms with van der Waals surface area (Å²) in [7, 11) is 0. The van der Waals surface area contributed by atoms with Crippen LogP contribution in [0.5, 0.6) is 5.75 Å². The molecule has 16 heavy (non-hydrogen) atoms. The van der Waals surface area contributed by atoms with Gasteiger partial charge in [0, 0.05) is 6.42 Å². The van der Waals surface area contributed by atoms with Crippen molar-refractivity contribution < 1.29 is 4.74 Å². The maximum Gasteiger partial charge on any atom is 0.122 e. The standard InChI is InChI=1S/C13H18O.C2H6/c1-3-4-10(2)11-5-6-13-12(9-11)7-8-14-13;1-2/h5-6,9-10H,3-4,7-8H2,1-2H3;1-2H3. The van der Waals surface area contributed by atoms with Gasteiger partial charge in [0.25, 0.3) is 0 Å². The maximum atomic E-state index is 5.49. The molecule has 1 aliphatic heterocycles. The molecule has 1 aromatic carbocycles. The van der Waals surface area contributed by atoms with Crippen LogP contribution in [0.4, 0.5) is 0 Å². The van der Waals surface area contributed by atoms with Crippen LogP contribution in [0.3, 0.4) is 0 Å². The summed E-state index contributed by atoms with van der Waals surface area (Å²) in [5.41, 5.74) is 2.86. The second-order valence-corrected chi connectivity index (χ2v) is 4.16. The Morgan fingerprint density at radius 3 is 2.75 bits per heavy atom. The van der Waals surface area contributed by atoms with Crippen LogP contribution >= 0.6 is 0 Å². The molecule has 0 N–H and O–H groups in total. The van der Waals surface area contributed by atoms with Crippen LogP contribution in [0.2, 0.25) is 0 Å². The van der Waals surface area contributed by atoms with Gasteiger partial charge in [-0.05, 0) is 29.5 Å². The van der Waals surface area contributed by atoms with E-state index in [1.807, 2.05) is 13.8 Å². The van der Waals surface area contributed by atoms with Crippen molar-refractivity contribution in [3.8, 4) is 5.75 Å². The van der Waals surface area contributed by atoms with E-state index in [0.29, 0.717) is 5.92 Å². The Balaban J connectivity index is 0.000000606. The molecule has 0 radical (unpaired) electrons. The Labute approximate surface area is 99.8 Å². The molecular weight excluding hydrogens is 196 g/mol. The molecule has 0 fully saturated rings. The number of hydrogen-bond acceptors (Lipinski definition) is 1. The minimum absolute atomic E-state index is 0.686. The van der Waals surface area contributed by atoms with Gasteiger partial charge < -0.3 is 4.74 Å². The van der Waals surface area contributed by atoms with E-state index in [4.69, 9.17) is 4.74 Å². The van der Waals surface area contributed by atoms with Crippen molar-refractivity contribution in [3.05, 3.63) is 29.3 Å². The van der Waals surface area contributed by atoms with Gasteiger partial charge in [-0.2, -0.15) is 0 Å². The molecule has 1 aliphatic rings. The summed E-state index contributed by atoms with van der Waals surface area (Å²) in [6.07, 6.45) is 3.62. The van der Waals surface area contributed by atoms with E-state index < -0.39 is 0 Å². The highest BCUT2D eigenvalue weighted by atomic mass is 16.5. The van der Waals surface area contributed by atoms with Crippen LogP contribution in [0.15, 0.2) is 18.2 Å². The topological polar surface area (TPSA) is 9.23 Å². The minimum atomic E-state index is 0.686. The zero-order valence-corrected chi connectivity index (χ0v) is 11.0. The van der Waals surface area contributed by atoms with Gasteiger partial charge in [-0.15, -0.1) is 0 Å². The molecule has 0 bridgehead atoms. The van der Waals surface area contributed by atoms with Crippen LogP contribution in [0, 0.1) is 0 Å². The monoisotopic (exact) mass is 220 g/mol. The van der Waals surface area contributed by atoms with Crippen LogP contribution < -0.4 is 4.74 Å². The number of benzene rings is 1. The molecule has 1 atom stereocenters. The first-order valence-corrected chi connectivity index (χ1v) is 6.57. The van der Waals surface area contributed by atoms with Crippen molar-refractivity contribution in [2.45, 2.75) is 52.9 Å². The summed E-state index contributed by atoms with van der Waals surface area (Å²) in [5, 5.41) is 0. The highest BCUT2D eigenvalue weighted by Gasteiger charge is 2.13. The highest BCUT2D eigenvalue weighted by Crippen LogP contribution is 2.30. The molecule has 1 heteroatoms. The summed E-state index contributed by atoms with van der Waals surface area (Å²) < 4.78 is 5.49. The van der Waals surface area contributed by atoms with Crippen molar-refractivity contribution >= 4 is 0 Å². The molecule has 0 amide bonds. The van der Waals surface area contributed by atoms with Crippen molar-refractivity contribution in [2.24, 2.45) is 0 Å². The molecule has 0 saturated heterocycles. The zero-order chi connectivity index (χ0) is 12.0. The Kier molecular flexibility index (Phi) is 5.37. The lowest BCUT2D eigenvalue weighted by Crippen LogP contribution is -1.93. The lowest BCUT2D eigenvalue weighted by Gasteiger charge is -2.11. The van der Waals surface area contributed by atoms with Crippen LogP contribution in [-0.4, -0.2) is 6.61 Å². The first-order valence-electron chi connectivity index (χ1n) is 6.57. The van der Waals surface area contributed by atoms with Crippen molar-refractivity contribution in [3.63, 3.8) is 0 Å². The quantitative estimate of drug-likeness (QED) is 0.726. The van der Waals surface area contributed by atoms with Gasteiger partial charge in [-0.25, -0.2) is 0 Å². The molecule has 0 aromatic heterocycles. The van der Waals surface area contributed by atoms with E-state index in [2.05, 4.69) is 32.0 Å². The first kappa shape index (κ1) is 13.1. The zero-order valence-electron chi connectivity index (χ0n) is 11.0. The summed E-state index contributed by atoms with van der Waals surface area (Å²) in [4.78, 5) is 0. The predicted octanol–water partition coefficient (Wildman–Crippen LogP) is 4.55. The molecule has 1 nitrogen and oxygen atoms in total. The Hall–Kier alpha value is -0.980. The Morgan fingerprint density at radius 2 is 2.06 bits per heavy atom. The van der Waals surface area contributed by atoms with Gasteiger partial charge in [0.2, 0.25) is 0 Å². The lowest BCUT2D eigenvalue weighted by molar-refractivity contribution is 0.357. The molecule has 0 aliphatic carbocycles. The third kappa shape index (κ3) is 3.01. The highest BCUT2D eigenvalue weighted by molar-refractivity contribution is 5.40. The predicted molar refractivity (Wildman–Crippen MR) is 70.3 cm³/mol. The molecule has 1 unspecified atom stereocenters. The van der Waals surface area contributed by atoms with Crippen LogP contribution in [0.25, 0.3) is 0 Å². The van der Waals surface area contributed by atoms with E-state index in [1.54, 1.807) is 0 Å².